The number of carbonyl (C=O) groups excluding carboxylic acids is 1. The van der Waals surface area contributed by atoms with Crippen molar-refractivity contribution in [1.82, 2.24) is 9.29 Å². The number of aryl methyl sites for hydroxylation is 1. The van der Waals surface area contributed by atoms with E-state index < -0.39 is 33.4 Å². The second-order valence-corrected chi connectivity index (χ2v) is 9.06. The molecule has 1 heterocycles. The Balaban J connectivity index is 1.73. The normalized spacial score (nSPS) is 14.5. The van der Waals surface area contributed by atoms with E-state index in [1.165, 1.54) is 30.3 Å². The van der Waals surface area contributed by atoms with Gasteiger partial charge in [0.15, 0.2) is 0 Å². The van der Waals surface area contributed by atoms with Gasteiger partial charge in [-0.25, -0.2) is 26.3 Å². The third-order valence-electron chi connectivity index (χ3n) is 4.99. The Morgan fingerprint density at radius 3 is 2.41 bits per heavy atom. The van der Waals surface area contributed by atoms with Gasteiger partial charge in [0.05, 0.1) is 10.8 Å². The molecule has 5 nitrogen and oxygen atoms in total. The molecule has 0 spiro atoms. The number of benzene rings is 2. The summed E-state index contributed by atoms with van der Waals surface area (Å²) in [6, 6.07) is 8.11. The lowest BCUT2D eigenvalue weighted by molar-refractivity contribution is 0.0977. The minimum atomic E-state index is -3.80. The van der Waals surface area contributed by atoms with Gasteiger partial charge in [0.25, 0.3) is 12.3 Å². The summed E-state index contributed by atoms with van der Waals surface area (Å²) in [6.07, 6.45) is 0.0806. The summed E-state index contributed by atoms with van der Waals surface area (Å²) < 4.78 is 67.7. The molecule has 1 fully saturated rings. The zero-order chi connectivity index (χ0) is 20.9. The molecule has 0 unspecified atom stereocenters. The molecule has 3 aromatic rings. The van der Waals surface area contributed by atoms with Crippen LogP contribution in [0.25, 0.3) is 22.0 Å². The van der Waals surface area contributed by atoms with E-state index in [1.807, 2.05) is 4.72 Å². The molecule has 1 aliphatic rings. The number of halogens is 3. The third-order valence-corrected chi connectivity index (χ3v) is 6.81. The second-order valence-electron chi connectivity index (χ2n) is 7.10. The first kappa shape index (κ1) is 19.5. The van der Waals surface area contributed by atoms with Gasteiger partial charge in [0, 0.05) is 35.3 Å². The van der Waals surface area contributed by atoms with Gasteiger partial charge in [-0.1, -0.05) is 24.3 Å². The van der Waals surface area contributed by atoms with E-state index in [-0.39, 0.29) is 11.1 Å². The van der Waals surface area contributed by atoms with Crippen LogP contribution in [0.4, 0.5) is 13.2 Å². The number of rotatable bonds is 5. The topological polar surface area (TPSA) is 68.2 Å². The summed E-state index contributed by atoms with van der Waals surface area (Å²) >= 11 is 0. The van der Waals surface area contributed by atoms with Crippen molar-refractivity contribution in [1.29, 1.82) is 0 Å². The number of nitrogens with zero attached hydrogens (tertiary/aromatic N) is 1. The largest absolute Gasteiger partial charge is 0.350 e. The summed E-state index contributed by atoms with van der Waals surface area (Å²) in [7, 11) is -2.10. The minimum Gasteiger partial charge on any atom is -0.350 e. The number of amides is 1. The van der Waals surface area contributed by atoms with E-state index in [9.17, 15) is 26.4 Å². The minimum absolute atomic E-state index is 0.115. The quantitative estimate of drug-likeness (QED) is 0.672. The molecular formula is C20H17F3N2O3S. The van der Waals surface area contributed by atoms with Gasteiger partial charge in [0.2, 0.25) is 10.0 Å². The number of hydrogen-bond acceptors (Lipinski definition) is 3. The van der Waals surface area contributed by atoms with Gasteiger partial charge >= 0.3 is 0 Å². The molecule has 1 saturated carbocycles. The fraction of sp³-hybridized carbons (Fsp3) is 0.250. The summed E-state index contributed by atoms with van der Waals surface area (Å²) in [5.41, 5.74) is 1.25. The van der Waals surface area contributed by atoms with Crippen LogP contribution in [0.15, 0.2) is 42.6 Å². The molecule has 2 aromatic carbocycles. The molecule has 0 aliphatic heterocycles. The van der Waals surface area contributed by atoms with Crippen LogP contribution in [0.3, 0.4) is 0 Å². The fourth-order valence-electron chi connectivity index (χ4n) is 3.26. The van der Waals surface area contributed by atoms with E-state index in [0.29, 0.717) is 34.9 Å². The number of aromatic nitrogens is 1. The van der Waals surface area contributed by atoms with Gasteiger partial charge in [-0.05, 0) is 30.5 Å². The number of alkyl halides is 2. The lowest BCUT2D eigenvalue weighted by Crippen LogP contribution is -2.33. The van der Waals surface area contributed by atoms with Crippen LogP contribution in [0.1, 0.15) is 35.2 Å². The predicted octanol–water partition coefficient (Wildman–Crippen LogP) is 4.14. The highest BCUT2D eigenvalue weighted by Gasteiger charge is 2.37. The predicted molar refractivity (Wildman–Crippen MR) is 103 cm³/mol. The van der Waals surface area contributed by atoms with Crippen molar-refractivity contribution in [3.63, 3.8) is 0 Å². The Morgan fingerprint density at radius 2 is 1.83 bits per heavy atom. The Kier molecular flexibility index (Phi) is 4.65. The Bertz CT molecular complexity index is 1210. The first-order valence-corrected chi connectivity index (χ1v) is 10.4. The molecule has 0 atom stereocenters. The van der Waals surface area contributed by atoms with Crippen LogP contribution in [-0.4, -0.2) is 24.1 Å². The van der Waals surface area contributed by atoms with Crippen molar-refractivity contribution in [3.05, 3.63) is 59.5 Å². The molecule has 1 N–H and O–H groups in total. The number of carbonyl (C=O) groups is 1. The molecular weight excluding hydrogens is 405 g/mol. The molecule has 152 valence electrons. The standard InChI is InChI=1S/C20H17F3N2O3S/c1-25-10-16(11-2-4-12(5-3-11)19(22)23)14-8-17(21)15(9-18(14)25)20(26)24-29(27,28)13-6-7-13/h2-5,8-10,13,19H,6-7H2,1H3,(H,24,26). The summed E-state index contributed by atoms with van der Waals surface area (Å²) in [4.78, 5) is 12.3. The maximum absolute atomic E-state index is 14.7. The Hall–Kier alpha value is -2.81. The maximum atomic E-state index is 14.7. The lowest BCUT2D eigenvalue weighted by atomic mass is 10.0. The highest BCUT2D eigenvalue weighted by molar-refractivity contribution is 7.91. The lowest BCUT2D eigenvalue weighted by Gasteiger charge is -2.08. The molecule has 4 rings (SSSR count). The van der Waals surface area contributed by atoms with Crippen molar-refractivity contribution in [2.75, 3.05) is 0 Å². The summed E-state index contributed by atoms with van der Waals surface area (Å²) in [5, 5.41) is -0.118. The summed E-state index contributed by atoms with van der Waals surface area (Å²) in [5.74, 6) is -1.88. The van der Waals surface area contributed by atoms with Crippen LogP contribution < -0.4 is 4.72 Å². The zero-order valence-electron chi connectivity index (χ0n) is 15.3. The van der Waals surface area contributed by atoms with E-state index in [2.05, 4.69) is 0 Å². The second kappa shape index (κ2) is 6.91. The number of sulfonamides is 1. The molecule has 9 heteroatoms. The molecule has 0 saturated heterocycles. The highest BCUT2D eigenvalue weighted by atomic mass is 32.2. The average Bonchev–Trinajstić information content (AvgIpc) is 3.47. The van der Waals surface area contributed by atoms with Gasteiger partial charge in [-0.15, -0.1) is 0 Å². The molecule has 1 aromatic heterocycles. The van der Waals surface area contributed by atoms with E-state index in [4.69, 9.17) is 0 Å². The molecule has 1 amide bonds. The van der Waals surface area contributed by atoms with E-state index >= 15 is 0 Å². The van der Waals surface area contributed by atoms with E-state index in [1.54, 1.807) is 17.8 Å². The van der Waals surface area contributed by atoms with Gasteiger partial charge in [0.1, 0.15) is 5.82 Å². The maximum Gasteiger partial charge on any atom is 0.267 e. The van der Waals surface area contributed by atoms with Crippen LogP contribution in [-0.2, 0) is 17.1 Å². The van der Waals surface area contributed by atoms with Crippen LogP contribution in [0.2, 0.25) is 0 Å². The zero-order valence-corrected chi connectivity index (χ0v) is 16.1. The number of fused-ring (bicyclic) bond motifs is 1. The van der Waals surface area contributed by atoms with Crippen LogP contribution >= 0.6 is 0 Å². The van der Waals surface area contributed by atoms with Crippen molar-refractivity contribution in [2.24, 2.45) is 7.05 Å². The first-order valence-electron chi connectivity index (χ1n) is 8.90. The SMILES string of the molecule is Cn1cc(-c2ccc(C(F)F)cc2)c2cc(F)c(C(=O)NS(=O)(=O)C3CC3)cc21. The van der Waals surface area contributed by atoms with Crippen molar-refractivity contribution < 1.29 is 26.4 Å². The van der Waals surface area contributed by atoms with Crippen molar-refractivity contribution >= 4 is 26.8 Å². The van der Waals surface area contributed by atoms with Gasteiger partial charge in [-0.2, -0.15) is 0 Å². The fourth-order valence-corrected chi connectivity index (χ4v) is 4.55. The summed E-state index contributed by atoms with van der Waals surface area (Å²) in [6.45, 7) is 0. The smallest absolute Gasteiger partial charge is 0.267 e. The monoisotopic (exact) mass is 422 g/mol. The van der Waals surface area contributed by atoms with Gasteiger partial charge in [-0.3, -0.25) is 4.79 Å². The number of nitrogens with one attached hydrogen (secondary N) is 1. The van der Waals surface area contributed by atoms with Crippen molar-refractivity contribution in [2.45, 2.75) is 24.5 Å². The van der Waals surface area contributed by atoms with Crippen LogP contribution in [0, 0.1) is 5.82 Å². The first-order chi connectivity index (χ1) is 13.7. The molecule has 0 radical (unpaired) electrons. The average molecular weight is 422 g/mol. The van der Waals surface area contributed by atoms with E-state index in [0.717, 1.165) is 6.07 Å². The Labute approximate surface area is 165 Å². The van der Waals surface area contributed by atoms with Crippen LogP contribution in [0.5, 0.6) is 0 Å². The number of hydrogen-bond donors (Lipinski definition) is 1. The molecule has 1 aliphatic carbocycles. The molecule has 0 bridgehead atoms. The molecule has 29 heavy (non-hydrogen) atoms. The van der Waals surface area contributed by atoms with Gasteiger partial charge < -0.3 is 4.57 Å². The highest BCUT2D eigenvalue weighted by Crippen LogP contribution is 2.33. The Morgan fingerprint density at radius 1 is 1.17 bits per heavy atom. The third kappa shape index (κ3) is 3.62. The van der Waals surface area contributed by atoms with Crippen molar-refractivity contribution in [3.8, 4) is 11.1 Å².